The van der Waals surface area contributed by atoms with Crippen molar-refractivity contribution in [2.24, 2.45) is 10.9 Å². The zero-order chi connectivity index (χ0) is 20.4. The first-order valence-electron chi connectivity index (χ1n) is 10.9. The van der Waals surface area contributed by atoms with E-state index in [-0.39, 0.29) is 0 Å². The number of rotatable bonds is 5. The molecule has 2 aliphatic rings. The van der Waals surface area contributed by atoms with Crippen LogP contribution in [0.25, 0.3) is 0 Å². The van der Waals surface area contributed by atoms with Crippen molar-refractivity contribution in [1.82, 2.24) is 40.2 Å². The molecule has 0 aliphatic carbocycles. The van der Waals surface area contributed by atoms with Gasteiger partial charge < -0.3 is 19.8 Å². The van der Waals surface area contributed by atoms with Gasteiger partial charge in [-0.1, -0.05) is 13.8 Å². The van der Waals surface area contributed by atoms with Gasteiger partial charge >= 0.3 is 0 Å². The topological polar surface area (TPSA) is 97.8 Å². The molecule has 2 aliphatic heterocycles. The predicted octanol–water partition coefficient (Wildman–Crippen LogP) is 1.43. The molecule has 2 unspecified atom stereocenters. The maximum Gasteiger partial charge on any atom is 0.191 e. The Balaban J connectivity index is 1.39. The Bertz CT molecular complexity index is 863. The SMILES string of the molecule is CCNC(=NCC1CCc2nnc(C)n2C1)NC1CCc2nnc(C(C)C)n2C1. The van der Waals surface area contributed by atoms with Crippen LogP contribution in [0.3, 0.4) is 0 Å². The molecule has 0 bridgehead atoms. The maximum absolute atomic E-state index is 4.92. The van der Waals surface area contributed by atoms with Gasteiger partial charge in [-0.2, -0.15) is 0 Å². The Kier molecular flexibility index (Phi) is 5.82. The van der Waals surface area contributed by atoms with Gasteiger partial charge in [0.1, 0.15) is 23.3 Å². The molecule has 0 saturated heterocycles. The van der Waals surface area contributed by atoms with E-state index < -0.39 is 0 Å². The summed E-state index contributed by atoms with van der Waals surface area (Å²) in [5, 5.41) is 24.3. The van der Waals surface area contributed by atoms with Crippen molar-refractivity contribution in [2.45, 2.75) is 78.4 Å². The number of guanidine groups is 1. The minimum atomic E-state index is 0.340. The largest absolute Gasteiger partial charge is 0.357 e. The quantitative estimate of drug-likeness (QED) is 0.583. The van der Waals surface area contributed by atoms with Gasteiger partial charge in [-0.05, 0) is 32.6 Å². The Morgan fingerprint density at radius 2 is 1.83 bits per heavy atom. The first-order chi connectivity index (χ1) is 14.0. The molecular weight excluding hydrogens is 366 g/mol. The summed E-state index contributed by atoms with van der Waals surface area (Å²) in [7, 11) is 0. The molecule has 29 heavy (non-hydrogen) atoms. The second-order valence-corrected chi connectivity index (χ2v) is 8.52. The molecule has 0 radical (unpaired) electrons. The van der Waals surface area contributed by atoms with Crippen molar-refractivity contribution in [1.29, 1.82) is 0 Å². The van der Waals surface area contributed by atoms with E-state index in [9.17, 15) is 0 Å². The molecule has 0 fully saturated rings. The van der Waals surface area contributed by atoms with Crippen LogP contribution in [-0.2, 0) is 25.9 Å². The minimum absolute atomic E-state index is 0.340. The highest BCUT2D eigenvalue weighted by atomic mass is 15.3. The summed E-state index contributed by atoms with van der Waals surface area (Å²) in [5.41, 5.74) is 0. The number of nitrogens with zero attached hydrogens (tertiary/aromatic N) is 7. The number of aryl methyl sites for hydroxylation is 3. The molecule has 0 spiro atoms. The highest BCUT2D eigenvalue weighted by Gasteiger charge is 2.25. The smallest absolute Gasteiger partial charge is 0.191 e. The van der Waals surface area contributed by atoms with Gasteiger partial charge in [0.25, 0.3) is 0 Å². The zero-order valence-corrected chi connectivity index (χ0v) is 18.0. The third-order valence-electron chi connectivity index (χ3n) is 5.91. The molecule has 2 aromatic heterocycles. The van der Waals surface area contributed by atoms with Crippen molar-refractivity contribution in [3.63, 3.8) is 0 Å². The van der Waals surface area contributed by atoms with Crippen LogP contribution in [0.5, 0.6) is 0 Å². The summed E-state index contributed by atoms with van der Waals surface area (Å²) < 4.78 is 4.53. The second-order valence-electron chi connectivity index (χ2n) is 8.52. The van der Waals surface area contributed by atoms with Crippen LogP contribution in [0, 0.1) is 12.8 Å². The third-order valence-corrected chi connectivity index (χ3v) is 5.91. The number of nitrogens with one attached hydrogen (secondary N) is 2. The minimum Gasteiger partial charge on any atom is -0.357 e. The second kappa shape index (κ2) is 8.51. The molecule has 9 heteroatoms. The molecular formula is C20H33N9. The van der Waals surface area contributed by atoms with E-state index in [0.717, 1.165) is 81.1 Å². The van der Waals surface area contributed by atoms with Crippen LogP contribution in [0.4, 0.5) is 0 Å². The van der Waals surface area contributed by atoms with Gasteiger partial charge in [0.05, 0.1) is 0 Å². The third kappa shape index (κ3) is 4.28. The number of aromatic nitrogens is 6. The predicted molar refractivity (Wildman–Crippen MR) is 112 cm³/mol. The summed E-state index contributed by atoms with van der Waals surface area (Å²) in [4.78, 5) is 4.92. The van der Waals surface area contributed by atoms with Crippen molar-refractivity contribution in [3.05, 3.63) is 23.3 Å². The summed E-state index contributed by atoms with van der Waals surface area (Å²) in [6, 6.07) is 0.340. The molecule has 4 rings (SSSR count). The van der Waals surface area contributed by atoms with Crippen LogP contribution in [-0.4, -0.2) is 54.6 Å². The summed E-state index contributed by atoms with van der Waals surface area (Å²) in [6.07, 6.45) is 4.11. The normalized spacial score (nSPS) is 21.8. The van der Waals surface area contributed by atoms with E-state index in [4.69, 9.17) is 4.99 Å². The first kappa shape index (κ1) is 19.8. The van der Waals surface area contributed by atoms with Crippen molar-refractivity contribution in [2.75, 3.05) is 13.1 Å². The van der Waals surface area contributed by atoms with Gasteiger partial charge in [-0.3, -0.25) is 4.99 Å². The zero-order valence-electron chi connectivity index (χ0n) is 18.0. The molecule has 0 saturated carbocycles. The lowest BCUT2D eigenvalue weighted by molar-refractivity contribution is 0.368. The molecule has 0 amide bonds. The van der Waals surface area contributed by atoms with Crippen LogP contribution in [0.15, 0.2) is 4.99 Å². The standard InChI is InChI=1S/C20H33N9/c1-5-21-20(22-10-15-6-8-17-25-24-14(4)28(17)11-15)23-16-7-9-18-26-27-19(13(2)3)29(18)12-16/h13,15-16H,5-12H2,1-4H3,(H2,21,22,23). The summed E-state index contributed by atoms with van der Waals surface area (Å²) >= 11 is 0. The van der Waals surface area contributed by atoms with Crippen LogP contribution in [0.1, 0.15) is 62.8 Å². The van der Waals surface area contributed by atoms with Crippen molar-refractivity contribution < 1.29 is 0 Å². The monoisotopic (exact) mass is 399 g/mol. The Morgan fingerprint density at radius 1 is 1.07 bits per heavy atom. The van der Waals surface area contributed by atoms with Crippen LogP contribution < -0.4 is 10.6 Å². The van der Waals surface area contributed by atoms with Gasteiger partial charge in [0, 0.05) is 51.0 Å². The van der Waals surface area contributed by atoms with E-state index in [0.29, 0.717) is 17.9 Å². The average Bonchev–Trinajstić information content (AvgIpc) is 3.30. The van der Waals surface area contributed by atoms with Crippen molar-refractivity contribution in [3.8, 4) is 0 Å². The summed E-state index contributed by atoms with van der Waals surface area (Å²) in [6.45, 7) is 12.0. The van der Waals surface area contributed by atoms with Gasteiger partial charge in [0.2, 0.25) is 0 Å². The Hall–Kier alpha value is -2.45. The fourth-order valence-electron chi connectivity index (χ4n) is 4.31. The lowest BCUT2D eigenvalue weighted by Gasteiger charge is -2.28. The number of hydrogen-bond donors (Lipinski definition) is 2. The first-order valence-corrected chi connectivity index (χ1v) is 10.9. The molecule has 2 N–H and O–H groups in total. The van der Waals surface area contributed by atoms with Gasteiger partial charge in [0.15, 0.2) is 5.96 Å². The maximum atomic E-state index is 4.92. The number of aliphatic imine (C=N–C) groups is 1. The van der Waals surface area contributed by atoms with Crippen LogP contribution >= 0.6 is 0 Å². The fourth-order valence-corrected chi connectivity index (χ4v) is 4.31. The Labute approximate surface area is 172 Å². The number of hydrogen-bond acceptors (Lipinski definition) is 5. The highest BCUT2D eigenvalue weighted by molar-refractivity contribution is 5.80. The van der Waals surface area contributed by atoms with Crippen molar-refractivity contribution >= 4 is 5.96 Å². The van der Waals surface area contributed by atoms with E-state index in [1.165, 1.54) is 0 Å². The molecule has 0 aromatic carbocycles. The number of fused-ring (bicyclic) bond motifs is 2. The van der Waals surface area contributed by atoms with E-state index >= 15 is 0 Å². The van der Waals surface area contributed by atoms with E-state index in [1.54, 1.807) is 0 Å². The molecule has 158 valence electrons. The molecule has 9 nitrogen and oxygen atoms in total. The average molecular weight is 400 g/mol. The molecule has 2 aromatic rings. The lowest BCUT2D eigenvalue weighted by Crippen LogP contribution is -2.47. The van der Waals surface area contributed by atoms with Gasteiger partial charge in [-0.25, -0.2) is 0 Å². The fraction of sp³-hybridized carbons (Fsp3) is 0.750. The van der Waals surface area contributed by atoms with Gasteiger partial charge in [-0.15, -0.1) is 20.4 Å². The molecule has 4 heterocycles. The highest BCUT2D eigenvalue weighted by Crippen LogP contribution is 2.21. The Morgan fingerprint density at radius 3 is 2.62 bits per heavy atom. The van der Waals surface area contributed by atoms with E-state index in [2.05, 4.69) is 60.9 Å². The molecule has 2 atom stereocenters. The lowest BCUT2D eigenvalue weighted by atomic mass is 9.99. The van der Waals surface area contributed by atoms with E-state index in [1.807, 2.05) is 6.92 Å². The van der Waals surface area contributed by atoms with Crippen LogP contribution in [0.2, 0.25) is 0 Å². The summed E-state index contributed by atoms with van der Waals surface area (Å²) in [5.74, 6) is 6.12.